The predicted octanol–water partition coefficient (Wildman–Crippen LogP) is 9.41. The third-order valence-corrected chi connectivity index (χ3v) is 9.23. The van der Waals surface area contributed by atoms with Gasteiger partial charge in [0.15, 0.2) is 17.6 Å². The molecule has 5 rings (SSSR count). The average Bonchev–Trinajstić information content (AvgIpc) is 3.62. The number of unbranched alkanes of at least 4 members (excludes halogenated alkanes) is 7. The van der Waals surface area contributed by atoms with Gasteiger partial charge in [-0.3, -0.25) is 9.89 Å². The minimum Gasteiger partial charge on any atom is -0.508 e. The fraction of sp³-hybridized carbons (Fsp3) is 0.410. The Bertz CT molecular complexity index is 1710. The minimum absolute atomic E-state index is 0.130. The number of benzene rings is 3. The van der Waals surface area contributed by atoms with Crippen molar-refractivity contribution in [3.05, 3.63) is 106 Å². The molecule has 0 aliphatic heterocycles. The maximum atomic E-state index is 13.5. The van der Waals surface area contributed by atoms with Crippen LogP contribution in [0, 0.1) is 6.92 Å². The van der Waals surface area contributed by atoms with Crippen LogP contribution in [0.4, 0.5) is 5.69 Å². The molecular weight excluding hydrogens is 622 g/mol. The second-order valence-electron chi connectivity index (χ2n) is 12.7. The van der Waals surface area contributed by atoms with Gasteiger partial charge in [-0.2, -0.15) is 0 Å². The van der Waals surface area contributed by atoms with Gasteiger partial charge in [0, 0.05) is 12.1 Å². The van der Waals surface area contributed by atoms with Gasteiger partial charge in [-0.25, -0.2) is 4.52 Å². The van der Waals surface area contributed by atoms with Crippen LogP contribution in [0.15, 0.2) is 72.8 Å². The van der Waals surface area contributed by atoms with Gasteiger partial charge < -0.3 is 15.2 Å². The van der Waals surface area contributed by atoms with Crippen molar-refractivity contribution in [2.24, 2.45) is 0 Å². The first-order valence-corrected chi connectivity index (χ1v) is 17.8. The van der Waals surface area contributed by atoms with Crippen molar-refractivity contribution in [1.82, 2.24) is 19.8 Å². The molecule has 0 radical (unpaired) electrons. The van der Waals surface area contributed by atoms with Gasteiger partial charge in [-0.05, 0) is 92.1 Å². The molecule has 0 saturated heterocycles. The lowest BCUT2D eigenvalue weighted by Gasteiger charge is -2.19. The number of fused-ring (bicyclic) bond motifs is 1. The number of aromatic hydroxyl groups is 1. The number of ether oxygens (including phenoxy) is 1. The molecule has 1 amide bonds. The molecule has 3 aromatic carbocycles. The summed E-state index contributed by atoms with van der Waals surface area (Å²) in [5, 5.41) is 25.0. The van der Waals surface area contributed by atoms with Gasteiger partial charge in [0.1, 0.15) is 16.5 Å². The van der Waals surface area contributed by atoms with Crippen LogP contribution >= 0.6 is 11.6 Å². The number of aryl methyl sites for hydroxylation is 3. The molecule has 1 unspecified atom stereocenters. The van der Waals surface area contributed by atoms with Crippen LogP contribution in [-0.4, -0.2) is 36.9 Å². The second-order valence-corrected chi connectivity index (χ2v) is 13.1. The number of phenols is 1. The number of nitrogens with zero attached hydrogens (tertiary/aromatic N) is 3. The van der Waals surface area contributed by atoms with E-state index >= 15 is 0 Å². The molecule has 0 saturated carbocycles. The van der Waals surface area contributed by atoms with E-state index < -0.39 is 6.10 Å². The number of carbonyl (C=O) groups excluding carboxylic acids is 1. The molecule has 0 fully saturated rings. The molecule has 48 heavy (non-hydrogen) atoms. The number of halogens is 1. The van der Waals surface area contributed by atoms with Gasteiger partial charge in [-0.1, -0.05) is 99.9 Å². The molecule has 8 nitrogen and oxygen atoms in total. The summed E-state index contributed by atoms with van der Waals surface area (Å²) in [6, 6.07) is 23.2. The van der Waals surface area contributed by atoms with Crippen LogP contribution in [0.5, 0.6) is 11.5 Å². The number of anilines is 1. The van der Waals surface area contributed by atoms with Crippen LogP contribution in [0.3, 0.4) is 0 Å². The highest BCUT2D eigenvalue weighted by molar-refractivity contribution is 6.34. The molecular formula is C39H48ClN5O3. The fourth-order valence-electron chi connectivity index (χ4n) is 5.96. The monoisotopic (exact) mass is 669 g/mol. The molecule has 2 heterocycles. The Morgan fingerprint density at radius 1 is 0.833 bits per heavy atom. The van der Waals surface area contributed by atoms with E-state index in [1.807, 2.05) is 60.0 Å². The normalized spacial score (nSPS) is 12.0. The largest absolute Gasteiger partial charge is 0.508 e. The van der Waals surface area contributed by atoms with Gasteiger partial charge >= 0.3 is 0 Å². The Kier molecular flexibility index (Phi) is 12.9. The minimum atomic E-state index is -0.585. The van der Waals surface area contributed by atoms with Gasteiger partial charge in [0.2, 0.25) is 0 Å². The highest BCUT2D eigenvalue weighted by Gasteiger charge is 2.21. The molecule has 2 aromatic heterocycles. The van der Waals surface area contributed by atoms with E-state index in [2.05, 4.69) is 39.7 Å². The molecule has 0 bridgehead atoms. The number of hydrogen-bond acceptors (Lipinski definition) is 5. The van der Waals surface area contributed by atoms with Crippen molar-refractivity contribution in [2.75, 3.05) is 5.32 Å². The summed E-state index contributed by atoms with van der Waals surface area (Å²) in [4.78, 5) is 13.5. The number of hydrogen-bond donors (Lipinski definition) is 3. The van der Waals surface area contributed by atoms with E-state index in [-0.39, 0.29) is 11.7 Å². The first-order valence-electron chi connectivity index (χ1n) is 17.4. The second kappa shape index (κ2) is 17.7. The van der Waals surface area contributed by atoms with Crippen LogP contribution in [-0.2, 0) is 24.1 Å². The first kappa shape index (κ1) is 35.0. The van der Waals surface area contributed by atoms with Crippen molar-refractivity contribution in [2.45, 2.75) is 103 Å². The molecule has 254 valence electrons. The zero-order valence-electron chi connectivity index (χ0n) is 28.2. The average molecular weight is 670 g/mol. The van der Waals surface area contributed by atoms with Crippen molar-refractivity contribution >= 4 is 28.8 Å². The van der Waals surface area contributed by atoms with E-state index in [4.69, 9.17) is 16.3 Å². The molecule has 3 N–H and O–H groups in total. The van der Waals surface area contributed by atoms with Gasteiger partial charge in [0.25, 0.3) is 5.91 Å². The summed E-state index contributed by atoms with van der Waals surface area (Å²) in [5.41, 5.74) is 5.74. The van der Waals surface area contributed by atoms with E-state index in [0.29, 0.717) is 22.8 Å². The number of carbonyl (C=O) groups is 1. The zero-order chi connectivity index (χ0) is 33.7. The van der Waals surface area contributed by atoms with Crippen molar-refractivity contribution < 1.29 is 14.6 Å². The Hall–Kier alpha value is -4.30. The summed E-state index contributed by atoms with van der Waals surface area (Å²) >= 11 is 6.29. The number of amides is 1. The summed E-state index contributed by atoms with van der Waals surface area (Å²) in [5.74, 6) is 1.67. The molecule has 0 spiro atoms. The SMILES string of the molecule is CCCCCCCCCCC(Oc1ccc(Cc2ccc(O)cc2)cc1)C(=O)Nc1ccc(CCCc2nnc3c(Cl)c(C)[nH]n23)cc1. The summed E-state index contributed by atoms with van der Waals surface area (Å²) < 4.78 is 8.17. The van der Waals surface area contributed by atoms with E-state index in [1.54, 1.807) is 12.1 Å². The van der Waals surface area contributed by atoms with E-state index in [0.717, 1.165) is 66.9 Å². The Labute approximate surface area is 288 Å². The number of phenolic OH excluding ortho intramolecular Hbond substituents is 1. The molecule has 0 aliphatic rings. The van der Waals surface area contributed by atoms with Crippen LogP contribution in [0.2, 0.25) is 5.02 Å². The first-order chi connectivity index (χ1) is 23.4. The highest BCUT2D eigenvalue weighted by Crippen LogP contribution is 2.23. The predicted molar refractivity (Wildman–Crippen MR) is 193 cm³/mol. The van der Waals surface area contributed by atoms with E-state index in [1.165, 1.54) is 44.1 Å². The number of aromatic nitrogens is 4. The summed E-state index contributed by atoms with van der Waals surface area (Å²) in [6.45, 7) is 4.16. The maximum absolute atomic E-state index is 13.5. The van der Waals surface area contributed by atoms with Crippen LogP contribution in [0.25, 0.3) is 5.65 Å². The highest BCUT2D eigenvalue weighted by atomic mass is 35.5. The van der Waals surface area contributed by atoms with Crippen molar-refractivity contribution in [3.63, 3.8) is 0 Å². The smallest absolute Gasteiger partial charge is 0.265 e. The molecule has 5 aromatic rings. The third kappa shape index (κ3) is 10.1. The van der Waals surface area contributed by atoms with Crippen LogP contribution < -0.4 is 10.1 Å². The third-order valence-electron chi connectivity index (χ3n) is 8.78. The standard InChI is InChI=1S/C39H48ClN5O3/c1-3-4-5-6-7-8-9-10-13-35(48-34-25-19-31(20-26-34)27-30-17-23-33(46)24-18-30)39(47)41-32-21-15-29(16-22-32)12-11-14-36-42-43-38-37(40)28(2)44-45(36)38/h15-26,35,44,46H,3-14,27H2,1-2H3,(H,41,47). The topological polar surface area (TPSA) is 105 Å². The number of rotatable bonds is 19. The van der Waals surface area contributed by atoms with E-state index in [9.17, 15) is 9.90 Å². The number of nitrogens with one attached hydrogen (secondary N) is 2. The fourth-order valence-corrected chi connectivity index (χ4v) is 6.12. The van der Waals surface area contributed by atoms with Crippen molar-refractivity contribution in [3.8, 4) is 11.5 Å². The molecule has 9 heteroatoms. The zero-order valence-corrected chi connectivity index (χ0v) is 28.9. The quantitative estimate of drug-likeness (QED) is 0.0760. The summed E-state index contributed by atoms with van der Waals surface area (Å²) in [6.07, 6.45) is 13.0. The molecule has 1 atom stereocenters. The lowest BCUT2D eigenvalue weighted by Crippen LogP contribution is -2.33. The lowest BCUT2D eigenvalue weighted by molar-refractivity contribution is -0.123. The molecule has 0 aliphatic carbocycles. The van der Waals surface area contributed by atoms with Crippen LogP contribution in [0.1, 0.15) is 99.3 Å². The Morgan fingerprint density at radius 2 is 1.46 bits per heavy atom. The van der Waals surface area contributed by atoms with Gasteiger partial charge in [0.05, 0.1) is 5.69 Å². The Morgan fingerprint density at radius 3 is 2.15 bits per heavy atom. The maximum Gasteiger partial charge on any atom is 0.265 e. The lowest BCUT2D eigenvalue weighted by atomic mass is 10.0. The number of H-pyrrole nitrogens is 1. The Balaban J connectivity index is 1.14. The van der Waals surface area contributed by atoms with Gasteiger partial charge in [-0.15, -0.1) is 10.2 Å². The number of aromatic amines is 1. The summed E-state index contributed by atoms with van der Waals surface area (Å²) in [7, 11) is 0. The van der Waals surface area contributed by atoms with Crippen molar-refractivity contribution in [1.29, 1.82) is 0 Å².